The van der Waals surface area contributed by atoms with E-state index in [-0.39, 0.29) is 12.2 Å². The molecule has 0 unspecified atom stereocenters. The van der Waals surface area contributed by atoms with Crippen molar-refractivity contribution in [3.63, 3.8) is 0 Å². The summed E-state index contributed by atoms with van der Waals surface area (Å²) >= 11 is 0. The van der Waals surface area contributed by atoms with Crippen LogP contribution in [-0.4, -0.2) is 19.5 Å². The molecule has 7 heteroatoms. The molecule has 0 saturated heterocycles. The van der Waals surface area contributed by atoms with E-state index in [1.54, 1.807) is 0 Å². The Kier molecular flexibility index (Phi) is 4.84. The van der Waals surface area contributed by atoms with Crippen molar-refractivity contribution in [3.05, 3.63) is 35.4 Å². The van der Waals surface area contributed by atoms with Crippen LogP contribution >= 0.6 is 0 Å². The third-order valence-electron chi connectivity index (χ3n) is 2.56. The first-order chi connectivity index (χ1) is 8.64. The van der Waals surface area contributed by atoms with Crippen LogP contribution in [0, 0.1) is 5.92 Å². The first-order valence-electron chi connectivity index (χ1n) is 5.34. The van der Waals surface area contributed by atoms with Gasteiger partial charge in [0.1, 0.15) is 0 Å². The van der Waals surface area contributed by atoms with Crippen molar-refractivity contribution in [3.8, 4) is 0 Å². The van der Waals surface area contributed by atoms with E-state index in [0.29, 0.717) is 5.56 Å². The van der Waals surface area contributed by atoms with E-state index in [4.69, 9.17) is 4.74 Å². The summed E-state index contributed by atoms with van der Waals surface area (Å²) in [5, 5.41) is 0. The highest BCUT2D eigenvalue weighted by Gasteiger charge is 2.56. The topological polar surface area (TPSA) is 9.23 Å². The Hall–Kier alpha value is -1.24. The normalized spacial score (nSPS) is 13.1. The molecule has 0 bridgehead atoms. The van der Waals surface area contributed by atoms with Crippen molar-refractivity contribution in [1.82, 2.24) is 0 Å². The van der Waals surface area contributed by atoms with Gasteiger partial charge in [-0.3, -0.25) is 0 Å². The fourth-order valence-corrected chi connectivity index (χ4v) is 1.59. The lowest BCUT2D eigenvalue weighted by Crippen LogP contribution is -2.37. The molecule has 0 radical (unpaired) electrons. The first kappa shape index (κ1) is 15.8. The van der Waals surface area contributed by atoms with E-state index in [2.05, 4.69) is 0 Å². The zero-order valence-corrected chi connectivity index (χ0v) is 9.98. The molecule has 19 heavy (non-hydrogen) atoms. The van der Waals surface area contributed by atoms with Crippen LogP contribution in [0.15, 0.2) is 24.3 Å². The fraction of sp³-hybridized carbons (Fsp3) is 0.500. The second kappa shape index (κ2) is 5.81. The van der Waals surface area contributed by atoms with Gasteiger partial charge in [-0.1, -0.05) is 24.3 Å². The molecule has 108 valence electrons. The van der Waals surface area contributed by atoms with E-state index in [1.807, 2.05) is 0 Å². The van der Waals surface area contributed by atoms with Crippen molar-refractivity contribution in [1.29, 1.82) is 0 Å². The van der Waals surface area contributed by atoms with Crippen LogP contribution in [0.4, 0.5) is 26.3 Å². The van der Waals surface area contributed by atoms with Gasteiger partial charge in [-0.25, -0.2) is 0 Å². The molecule has 0 aliphatic rings. The zero-order valence-electron chi connectivity index (χ0n) is 9.98. The summed E-state index contributed by atoms with van der Waals surface area (Å²) in [4.78, 5) is 0. The molecule has 0 aliphatic carbocycles. The summed E-state index contributed by atoms with van der Waals surface area (Å²) < 4.78 is 79.0. The van der Waals surface area contributed by atoms with E-state index in [1.165, 1.54) is 31.4 Å². The Morgan fingerprint density at radius 3 is 1.68 bits per heavy atom. The van der Waals surface area contributed by atoms with Crippen LogP contribution in [0.5, 0.6) is 0 Å². The molecular formula is C12H12F6O. The molecule has 1 rings (SSSR count). The maximum Gasteiger partial charge on any atom is 0.400 e. The van der Waals surface area contributed by atoms with Crippen molar-refractivity contribution in [2.75, 3.05) is 7.11 Å². The number of benzene rings is 1. The zero-order chi connectivity index (χ0) is 14.7. The third kappa shape index (κ3) is 4.74. The van der Waals surface area contributed by atoms with Gasteiger partial charge in [0.25, 0.3) is 0 Å². The summed E-state index contributed by atoms with van der Waals surface area (Å²) in [5.41, 5.74) is 0.668. The SMILES string of the molecule is COCc1ccc(CC(C(F)(F)F)C(F)(F)F)cc1. The molecule has 0 N–H and O–H groups in total. The van der Waals surface area contributed by atoms with Gasteiger partial charge in [0, 0.05) is 7.11 Å². The van der Waals surface area contributed by atoms with Crippen LogP contribution in [0.25, 0.3) is 0 Å². The van der Waals surface area contributed by atoms with Crippen molar-refractivity contribution in [2.24, 2.45) is 5.92 Å². The maximum atomic E-state index is 12.4. The van der Waals surface area contributed by atoms with Crippen LogP contribution in [0.1, 0.15) is 11.1 Å². The summed E-state index contributed by atoms with van der Waals surface area (Å²) in [6, 6.07) is 5.39. The number of rotatable bonds is 4. The van der Waals surface area contributed by atoms with Crippen LogP contribution in [0.2, 0.25) is 0 Å². The van der Waals surface area contributed by atoms with Crippen molar-refractivity contribution >= 4 is 0 Å². The van der Waals surface area contributed by atoms with Gasteiger partial charge >= 0.3 is 12.4 Å². The van der Waals surface area contributed by atoms with Crippen LogP contribution in [0.3, 0.4) is 0 Å². The van der Waals surface area contributed by atoms with Crippen LogP contribution in [-0.2, 0) is 17.8 Å². The van der Waals surface area contributed by atoms with E-state index >= 15 is 0 Å². The second-order valence-corrected chi connectivity index (χ2v) is 4.09. The minimum atomic E-state index is -5.30. The smallest absolute Gasteiger partial charge is 0.380 e. The average Bonchev–Trinajstić information content (AvgIpc) is 2.25. The minimum Gasteiger partial charge on any atom is -0.380 e. The molecule has 0 atom stereocenters. The largest absolute Gasteiger partial charge is 0.400 e. The molecule has 1 aromatic carbocycles. The number of halogens is 6. The molecule has 1 aromatic rings. The minimum absolute atomic E-state index is 0.0143. The lowest BCUT2D eigenvalue weighted by Gasteiger charge is -2.23. The Labute approximate surface area is 106 Å². The molecule has 0 spiro atoms. The van der Waals surface area contributed by atoms with Gasteiger partial charge in [0.2, 0.25) is 0 Å². The molecule has 0 heterocycles. The molecule has 0 saturated carbocycles. The van der Waals surface area contributed by atoms with Gasteiger partial charge in [-0.05, 0) is 17.5 Å². The summed E-state index contributed by atoms with van der Waals surface area (Å²) in [7, 11) is 1.44. The molecule has 0 fully saturated rings. The summed E-state index contributed by atoms with van der Waals surface area (Å²) in [6.07, 6.45) is -11.7. The average molecular weight is 286 g/mol. The lowest BCUT2D eigenvalue weighted by atomic mass is 9.97. The second-order valence-electron chi connectivity index (χ2n) is 4.09. The Morgan fingerprint density at radius 2 is 1.32 bits per heavy atom. The van der Waals surface area contributed by atoms with Crippen molar-refractivity contribution < 1.29 is 31.1 Å². The number of alkyl halides is 6. The monoisotopic (exact) mass is 286 g/mol. The third-order valence-corrected chi connectivity index (χ3v) is 2.56. The number of hydrogen-bond acceptors (Lipinski definition) is 1. The summed E-state index contributed by atoms with van der Waals surface area (Å²) in [6.45, 7) is 0.252. The molecule has 1 nitrogen and oxygen atoms in total. The molecule has 0 aliphatic heterocycles. The number of ether oxygens (including phenoxy) is 1. The quantitative estimate of drug-likeness (QED) is 0.757. The van der Waals surface area contributed by atoms with Gasteiger partial charge < -0.3 is 4.74 Å². The molecular weight excluding hydrogens is 274 g/mol. The van der Waals surface area contributed by atoms with Gasteiger partial charge in [-0.15, -0.1) is 0 Å². The Balaban J connectivity index is 2.86. The fourth-order valence-electron chi connectivity index (χ4n) is 1.59. The highest BCUT2D eigenvalue weighted by atomic mass is 19.4. The first-order valence-corrected chi connectivity index (χ1v) is 5.34. The van der Waals surface area contributed by atoms with E-state index in [0.717, 1.165) is 0 Å². The standard InChI is InChI=1S/C12H12F6O/c1-19-7-9-4-2-8(3-5-9)6-10(11(13,14)15)12(16,17)18/h2-5,10H,6-7H2,1H3. The lowest BCUT2D eigenvalue weighted by molar-refractivity contribution is -0.283. The molecule has 0 aromatic heterocycles. The number of hydrogen-bond donors (Lipinski definition) is 0. The summed E-state index contributed by atoms with van der Waals surface area (Å²) in [5.74, 6) is -3.34. The highest BCUT2D eigenvalue weighted by molar-refractivity contribution is 5.22. The van der Waals surface area contributed by atoms with Crippen molar-refractivity contribution in [2.45, 2.75) is 25.4 Å². The Bertz CT molecular complexity index is 378. The maximum absolute atomic E-state index is 12.4. The number of methoxy groups -OCH3 is 1. The Morgan fingerprint density at radius 1 is 0.895 bits per heavy atom. The molecule has 0 amide bonds. The van der Waals surface area contributed by atoms with Crippen LogP contribution < -0.4 is 0 Å². The van der Waals surface area contributed by atoms with Gasteiger partial charge in [-0.2, -0.15) is 26.3 Å². The predicted octanol–water partition coefficient (Wildman–Crippen LogP) is 4.12. The predicted molar refractivity (Wildman–Crippen MR) is 56.5 cm³/mol. The van der Waals surface area contributed by atoms with Gasteiger partial charge in [0.15, 0.2) is 5.92 Å². The van der Waals surface area contributed by atoms with E-state index < -0.39 is 24.7 Å². The van der Waals surface area contributed by atoms with Gasteiger partial charge in [0.05, 0.1) is 6.61 Å². The van der Waals surface area contributed by atoms with E-state index in [9.17, 15) is 26.3 Å². The highest BCUT2D eigenvalue weighted by Crippen LogP contribution is 2.41.